The van der Waals surface area contributed by atoms with Crippen LogP contribution >= 0.6 is 11.6 Å². The first kappa shape index (κ1) is 30.2. The van der Waals surface area contributed by atoms with Crippen molar-refractivity contribution < 1.29 is 18.0 Å². The lowest BCUT2D eigenvalue weighted by Crippen LogP contribution is -2.53. The molecule has 0 spiro atoms. The van der Waals surface area contributed by atoms with E-state index < -0.39 is 28.5 Å². The minimum atomic E-state index is -3.99. The van der Waals surface area contributed by atoms with Gasteiger partial charge in [0.15, 0.2) is 0 Å². The number of nitrogens with one attached hydrogen (secondary N) is 1. The van der Waals surface area contributed by atoms with Crippen LogP contribution in [-0.4, -0.2) is 55.6 Å². The largest absolute Gasteiger partial charge is 0.354 e. The summed E-state index contributed by atoms with van der Waals surface area (Å²) in [5.41, 5.74) is 1.61. The van der Waals surface area contributed by atoms with Crippen molar-refractivity contribution >= 4 is 44.2 Å². The molecule has 4 rings (SSSR count). The fraction of sp³-hybridized carbons (Fsp3) is 0.250. The number of hydrogen-bond acceptors (Lipinski definition) is 4. The van der Waals surface area contributed by atoms with Crippen molar-refractivity contribution in [2.75, 3.05) is 20.1 Å². The maximum absolute atomic E-state index is 14.0. The van der Waals surface area contributed by atoms with Gasteiger partial charge in [-0.2, -0.15) is 4.31 Å². The average Bonchev–Trinajstić information content (AvgIpc) is 2.97. The number of benzene rings is 4. The predicted molar refractivity (Wildman–Crippen MR) is 163 cm³/mol. The molecule has 9 heteroatoms. The van der Waals surface area contributed by atoms with Gasteiger partial charge in [-0.1, -0.05) is 91.3 Å². The van der Waals surface area contributed by atoms with Crippen LogP contribution in [0, 0.1) is 0 Å². The van der Waals surface area contributed by atoms with Crippen LogP contribution in [0.2, 0.25) is 5.02 Å². The fourth-order valence-electron chi connectivity index (χ4n) is 4.63. The highest BCUT2D eigenvalue weighted by Gasteiger charge is 2.33. The molecular weight excluding hydrogens is 558 g/mol. The Bertz CT molecular complexity index is 1610. The lowest BCUT2D eigenvalue weighted by atomic mass is 10.0. The average molecular weight is 592 g/mol. The molecule has 2 amide bonds. The zero-order chi connectivity index (χ0) is 29.4. The van der Waals surface area contributed by atoms with Gasteiger partial charge in [-0.25, -0.2) is 8.42 Å². The number of carbonyl (C=O) groups is 2. The number of rotatable bonds is 12. The van der Waals surface area contributed by atoms with Crippen LogP contribution in [0.3, 0.4) is 0 Å². The Morgan fingerprint density at radius 1 is 0.854 bits per heavy atom. The van der Waals surface area contributed by atoms with Crippen LogP contribution < -0.4 is 5.32 Å². The minimum Gasteiger partial charge on any atom is -0.354 e. The number of nitrogens with zero attached hydrogens (tertiary/aromatic N) is 2. The molecule has 1 N–H and O–H groups in total. The summed E-state index contributed by atoms with van der Waals surface area (Å²) in [7, 11) is -2.62. The van der Waals surface area contributed by atoms with Gasteiger partial charge in [0.1, 0.15) is 6.04 Å². The molecule has 214 valence electrons. The smallest absolute Gasteiger partial charge is 0.243 e. The molecule has 0 saturated heterocycles. The van der Waals surface area contributed by atoms with E-state index in [0.29, 0.717) is 11.6 Å². The lowest BCUT2D eigenvalue weighted by molar-refractivity contribution is -0.141. The van der Waals surface area contributed by atoms with E-state index in [1.165, 1.54) is 11.9 Å². The van der Waals surface area contributed by atoms with E-state index in [0.717, 1.165) is 32.6 Å². The van der Waals surface area contributed by atoms with E-state index in [-0.39, 0.29) is 23.8 Å². The molecule has 1 atom stereocenters. The van der Waals surface area contributed by atoms with Gasteiger partial charge in [-0.15, -0.1) is 0 Å². The summed E-state index contributed by atoms with van der Waals surface area (Å²) >= 11 is 6.23. The summed E-state index contributed by atoms with van der Waals surface area (Å²) in [6, 6.07) is 28.0. The van der Waals surface area contributed by atoms with Crippen LogP contribution in [0.25, 0.3) is 10.8 Å². The van der Waals surface area contributed by atoms with Crippen molar-refractivity contribution in [3.63, 3.8) is 0 Å². The summed E-state index contributed by atoms with van der Waals surface area (Å²) < 4.78 is 28.1. The molecular formula is C32H34ClN3O4S. The highest BCUT2D eigenvalue weighted by Crippen LogP contribution is 2.23. The minimum absolute atomic E-state index is 0.0836. The predicted octanol–water partition coefficient (Wildman–Crippen LogP) is 5.28. The van der Waals surface area contributed by atoms with E-state index in [2.05, 4.69) is 5.32 Å². The van der Waals surface area contributed by atoms with Gasteiger partial charge >= 0.3 is 0 Å². The first-order valence-corrected chi connectivity index (χ1v) is 15.3. The third kappa shape index (κ3) is 7.73. The molecule has 0 bridgehead atoms. The molecule has 0 heterocycles. The van der Waals surface area contributed by atoms with E-state index in [1.54, 1.807) is 36.4 Å². The second-order valence-corrected chi connectivity index (χ2v) is 12.4. The van der Waals surface area contributed by atoms with Gasteiger partial charge in [0, 0.05) is 31.6 Å². The van der Waals surface area contributed by atoms with Crippen LogP contribution in [-0.2, 0) is 32.6 Å². The van der Waals surface area contributed by atoms with Crippen LogP contribution in [0.4, 0.5) is 0 Å². The van der Waals surface area contributed by atoms with Crippen molar-refractivity contribution in [2.45, 2.75) is 37.2 Å². The maximum atomic E-state index is 14.0. The molecule has 7 nitrogen and oxygen atoms in total. The summed E-state index contributed by atoms with van der Waals surface area (Å²) in [4.78, 5) is 29.0. The second-order valence-electron chi connectivity index (χ2n) is 9.92. The van der Waals surface area contributed by atoms with Crippen molar-refractivity contribution in [1.29, 1.82) is 0 Å². The number of fused-ring (bicyclic) bond motifs is 1. The Hall–Kier alpha value is -3.72. The lowest BCUT2D eigenvalue weighted by Gasteiger charge is -2.32. The molecule has 0 saturated carbocycles. The molecule has 0 aliphatic heterocycles. The summed E-state index contributed by atoms with van der Waals surface area (Å²) in [6.07, 6.45) is 1.00. The topological polar surface area (TPSA) is 86.8 Å². The quantitative estimate of drug-likeness (QED) is 0.243. The molecule has 0 fully saturated rings. The highest BCUT2D eigenvalue weighted by atomic mass is 35.5. The van der Waals surface area contributed by atoms with E-state index in [1.807, 2.05) is 67.6 Å². The van der Waals surface area contributed by atoms with Gasteiger partial charge in [-0.3, -0.25) is 9.59 Å². The normalized spacial score (nSPS) is 12.3. The molecule has 0 aliphatic rings. The molecule has 4 aromatic carbocycles. The van der Waals surface area contributed by atoms with Crippen molar-refractivity contribution in [2.24, 2.45) is 0 Å². The summed E-state index contributed by atoms with van der Waals surface area (Å²) in [5, 5.41) is 5.12. The monoisotopic (exact) mass is 591 g/mol. The maximum Gasteiger partial charge on any atom is 0.243 e. The third-order valence-electron chi connectivity index (χ3n) is 6.85. The van der Waals surface area contributed by atoms with E-state index in [9.17, 15) is 18.0 Å². The summed E-state index contributed by atoms with van der Waals surface area (Å²) in [5.74, 6) is -0.796. The van der Waals surface area contributed by atoms with Crippen LogP contribution in [0.15, 0.2) is 102 Å². The number of likely N-dealkylation sites (N-methyl/N-ethyl adjacent to an activating group) is 1. The Labute approximate surface area is 246 Å². The Morgan fingerprint density at radius 3 is 2.24 bits per heavy atom. The zero-order valence-corrected chi connectivity index (χ0v) is 24.7. The number of hydrogen-bond donors (Lipinski definition) is 1. The fourth-order valence-corrected chi connectivity index (χ4v) is 6.00. The Morgan fingerprint density at radius 2 is 1.54 bits per heavy atom. The molecule has 0 aromatic heterocycles. The first-order chi connectivity index (χ1) is 19.7. The van der Waals surface area contributed by atoms with Gasteiger partial charge in [0.25, 0.3) is 0 Å². The van der Waals surface area contributed by atoms with Crippen molar-refractivity contribution in [1.82, 2.24) is 14.5 Å². The van der Waals surface area contributed by atoms with Crippen LogP contribution in [0.5, 0.6) is 0 Å². The number of carbonyl (C=O) groups excluding carboxylic acids is 2. The van der Waals surface area contributed by atoms with Crippen molar-refractivity contribution in [3.8, 4) is 0 Å². The zero-order valence-electron chi connectivity index (χ0n) is 23.2. The number of halogens is 1. The standard InChI is InChI=1S/C32H34ClN3O4S/c1-3-18-34-32(38)30(20-24-10-5-4-6-11-24)36(22-25-12-9-15-28(33)19-25)31(37)23-35(2)41(39,40)29-17-16-26-13-7-8-14-27(26)21-29/h4-17,19,21,30H,3,18,20,22-23H2,1-2H3,(H,34,38). The Kier molecular flexibility index (Phi) is 10.2. The van der Waals surface area contributed by atoms with Crippen LogP contribution in [0.1, 0.15) is 24.5 Å². The first-order valence-electron chi connectivity index (χ1n) is 13.5. The Balaban J connectivity index is 1.66. The van der Waals surface area contributed by atoms with Crippen molar-refractivity contribution in [3.05, 3.63) is 113 Å². The summed E-state index contributed by atoms with van der Waals surface area (Å²) in [6.45, 7) is 2.05. The molecule has 1 unspecified atom stereocenters. The number of sulfonamides is 1. The molecule has 0 radical (unpaired) electrons. The van der Waals surface area contributed by atoms with Gasteiger partial charge < -0.3 is 10.2 Å². The van der Waals surface area contributed by atoms with E-state index >= 15 is 0 Å². The SMILES string of the molecule is CCCNC(=O)C(Cc1ccccc1)N(Cc1cccc(Cl)c1)C(=O)CN(C)S(=O)(=O)c1ccc2ccccc2c1. The number of amides is 2. The van der Waals surface area contributed by atoms with Gasteiger partial charge in [0.05, 0.1) is 11.4 Å². The molecule has 41 heavy (non-hydrogen) atoms. The van der Waals surface area contributed by atoms with E-state index in [4.69, 9.17) is 11.6 Å². The second kappa shape index (κ2) is 13.8. The third-order valence-corrected chi connectivity index (χ3v) is 8.88. The highest BCUT2D eigenvalue weighted by molar-refractivity contribution is 7.89. The van der Waals surface area contributed by atoms with Gasteiger partial charge in [-0.05, 0) is 52.6 Å². The molecule has 0 aliphatic carbocycles. The van der Waals surface area contributed by atoms with Gasteiger partial charge in [0.2, 0.25) is 21.8 Å². The molecule has 4 aromatic rings.